The molecule has 1 aromatic carbocycles. The Morgan fingerprint density at radius 1 is 1.24 bits per heavy atom. The maximum Gasteiger partial charge on any atom is 0.264 e. The SMILES string of the molecule is CCCc1cc(C(=O)N(C)CC(=O)Nc2ccc(OC)cc2)sc1C. The topological polar surface area (TPSA) is 58.6 Å². The Kier molecular flexibility index (Phi) is 6.58. The average molecular weight is 360 g/mol. The van der Waals surface area contributed by atoms with E-state index in [-0.39, 0.29) is 18.4 Å². The van der Waals surface area contributed by atoms with Crippen molar-refractivity contribution in [2.24, 2.45) is 0 Å². The minimum Gasteiger partial charge on any atom is -0.497 e. The van der Waals surface area contributed by atoms with E-state index in [4.69, 9.17) is 4.74 Å². The van der Waals surface area contributed by atoms with E-state index in [0.29, 0.717) is 10.6 Å². The van der Waals surface area contributed by atoms with Gasteiger partial charge in [-0.25, -0.2) is 0 Å². The van der Waals surface area contributed by atoms with Crippen LogP contribution in [0, 0.1) is 6.92 Å². The van der Waals surface area contributed by atoms with Gasteiger partial charge >= 0.3 is 0 Å². The first-order chi connectivity index (χ1) is 11.9. The van der Waals surface area contributed by atoms with Crippen molar-refractivity contribution in [1.29, 1.82) is 0 Å². The number of hydrogen-bond acceptors (Lipinski definition) is 4. The van der Waals surface area contributed by atoms with Crippen molar-refractivity contribution in [3.63, 3.8) is 0 Å². The number of carbonyl (C=O) groups is 2. The molecule has 134 valence electrons. The summed E-state index contributed by atoms with van der Waals surface area (Å²) in [6.07, 6.45) is 2.02. The summed E-state index contributed by atoms with van der Waals surface area (Å²) >= 11 is 1.49. The van der Waals surface area contributed by atoms with Gasteiger partial charge in [0.05, 0.1) is 18.5 Å². The predicted molar refractivity (Wildman–Crippen MR) is 102 cm³/mol. The quantitative estimate of drug-likeness (QED) is 0.818. The van der Waals surface area contributed by atoms with Crippen LogP contribution in [-0.4, -0.2) is 37.4 Å². The van der Waals surface area contributed by atoms with Crippen LogP contribution < -0.4 is 10.1 Å². The molecule has 2 amide bonds. The summed E-state index contributed by atoms with van der Waals surface area (Å²) < 4.78 is 5.08. The van der Waals surface area contributed by atoms with Crippen LogP contribution in [0.5, 0.6) is 5.75 Å². The van der Waals surface area contributed by atoms with E-state index in [2.05, 4.69) is 12.2 Å². The fourth-order valence-electron chi connectivity index (χ4n) is 2.49. The second-order valence-corrected chi connectivity index (χ2v) is 7.14. The van der Waals surface area contributed by atoms with E-state index in [1.54, 1.807) is 38.4 Å². The van der Waals surface area contributed by atoms with Crippen molar-refractivity contribution in [1.82, 2.24) is 4.90 Å². The fourth-order valence-corrected chi connectivity index (χ4v) is 3.56. The van der Waals surface area contributed by atoms with E-state index in [1.807, 2.05) is 13.0 Å². The number of ether oxygens (including phenoxy) is 1. The zero-order valence-electron chi connectivity index (χ0n) is 15.1. The first-order valence-electron chi connectivity index (χ1n) is 8.23. The summed E-state index contributed by atoms with van der Waals surface area (Å²) in [6, 6.07) is 9.02. The van der Waals surface area contributed by atoms with Crippen LogP contribution in [-0.2, 0) is 11.2 Å². The molecule has 1 aromatic heterocycles. The van der Waals surface area contributed by atoms with Gasteiger partial charge in [-0.1, -0.05) is 13.3 Å². The number of anilines is 1. The number of nitrogens with one attached hydrogen (secondary N) is 1. The molecular weight excluding hydrogens is 336 g/mol. The number of aryl methyl sites for hydroxylation is 2. The van der Waals surface area contributed by atoms with Crippen LogP contribution >= 0.6 is 11.3 Å². The monoisotopic (exact) mass is 360 g/mol. The van der Waals surface area contributed by atoms with E-state index >= 15 is 0 Å². The lowest BCUT2D eigenvalue weighted by molar-refractivity contribution is -0.116. The highest BCUT2D eigenvalue weighted by atomic mass is 32.1. The number of amides is 2. The van der Waals surface area contributed by atoms with Gasteiger partial charge in [0.25, 0.3) is 5.91 Å². The van der Waals surface area contributed by atoms with E-state index in [9.17, 15) is 9.59 Å². The van der Waals surface area contributed by atoms with Crippen molar-refractivity contribution in [3.8, 4) is 5.75 Å². The highest BCUT2D eigenvalue weighted by Crippen LogP contribution is 2.24. The number of thiophene rings is 1. The number of likely N-dealkylation sites (N-methyl/N-ethyl adjacent to an activating group) is 1. The Bertz CT molecular complexity index is 738. The summed E-state index contributed by atoms with van der Waals surface area (Å²) in [5.41, 5.74) is 1.88. The molecule has 0 spiro atoms. The standard InChI is InChI=1S/C19H24N2O3S/c1-5-6-14-11-17(25-13(14)2)19(23)21(3)12-18(22)20-15-7-9-16(24-4)10-8-15/h7-11H,5-6,12H2,1-4H3,(H,20,22). The number of methoxy groups -OCH3 is 1. The third kappa shape index (κ3) is 5.06. The van der Waals surface area contributed by atoms with Crippen molar-refractivity contribution in [2.45, 2.75) is 26.7 Å². The fraction of sp³-hybridized carbons (Fsp3) is 0.368. The van der Waals surface area contributed by atoms with Gasteiger partial charge in [0, 0.05) is 17.6 Å². The molecule has 0 bridgehead atoms. The van der Waals surface area contributed by atoms with E-state index in [0.717, 1.165) is 18.6 Å². The maximum atomic E-state index is 12.5. The number of carbonyl (C=O) groups excluding carboxylic acids is 2. The van der Waals surface area contributed by atoms with Crippen LogP contribution in [0.15, 0.2) is 30.3 Å². The minimum absolute atomic E-state index is 0.00488. The van der Waals surface area contributed by atoms with Crippen molar-refractivity contribution in [3.05, 3.63) is 45.6 Å². The Balaban J connectivity index is 1.95. The largest absolute Gasteiger partial charge is 0.497 e. The number of benzene rings is 1. The minimum atomic E-state index is -0.233. The van der Waals surface area contributed by atoms with Crippen LogP contribution in [0.25, 0.3) is 0 Å². The first-order valence-corrected chi connectivity index (χ1v) is 9.05. The molecule has 2 rings (SSSR count). The molecule has 0 aliphatic carbocycles. The molecule has 25 heavy (non-hydrogen) atoms. The summed E-state index contributed by atoms with van der Waals surface area (Å²) in [5.74, 6) is 0.365. The zero-order chi connectivity index (χ0) is 18.4. The highest BCUT2D eigenvalue weighted by molar-refractivity contribution is 7.14. The molecule has 6 heteroatoms. The van der Waals surface area contributed by atoms with E-state index in [1.165, 1.54) is 26.7 Å². The molecular formula is C19H24N2O3S. The van der Waals surface area contributed by atoms with E-state index < -0.39 is 0 Å². The Hall–Kier alpha value is -2.34. The second kappa shape index (κ2) is 8.67. The van der Waals surface area contributed by atoms with Gasteiger partial charge in [0.15, 0.2) is 0 Å². The zero-order valence-corrected chi connectivity index (χ0v) is 15.9. The Morgan fingerprint density at radius 3 is 2.52 bits per heavy atom. The number of nitrogens with zero attached hydrogens (tertiary/aromatic N) is 1. The lowest BCUT2D eigenvalue weighted by Gasteiger charge is -2.16. The van der Waals surface area contributed by atoms with Gasteiger partial charge in [-0.2, -0.15) is 0 Å². The van der Waals surface area contributed by atoms with Gasteiger partial charge in [0.2, 0.25) is 5.91 Å². The molecule has 2 aromatic rings. The van der Waals surface area contributed by atoms with Crippen molar-refractivity contribution in [2.75, 3.05) is 26.0 Å². The third-order valence-corrected chi connectivity index (χ3v) is 4.93. The van der Waals surface area contributed by atoms with Crippen LogP contribution in [0.1, 0.15) is 33.5 Å². The molecule has 0 aliphatic heterocycles. The number of rotatable bonds is 7. The van der Waals surface area contributed by atoms with Gasteiger partial charge in [-0.05, 0) is 49.2 Å². The van der Waals surface area contributed by atoms with Crippen LogP contribution in [0.2, 0.25) is 0 Å². The van der Waals surface area contributed by atoms with Gasteiger partial charge in [-0.15, -0.1) is 11.3 Å². The predicted octanol–water partition coefficient (Wildman–Crippen LogP) is 3.73. The molecule has 0 unspecified atom stereocenters. The second-order valence-electron chi connectivity index (χ2n) is 5.88. The van der Waals surface area contributed by atoms with Crippen molar-refractivity contribution >= 4 is 28.8 Å². The molecule has 1 heterocycles. The molecule has 0 atom stereocenters. The summed E-state index contributed by atoms with van der Waals surface area (Å²) in [6.45, 7) is 4.15. The Morgan fingerprint density at radius 2 is 1.92 bits per heavy atom. The maximum absolute atomic E-state index is 12.5. The molecule has 0 fully saturated rings. The third-order valence-electron chi connectivity index (χ3n) is 3.85. The Labute approximate surface area is 152 Å². The van der Waals surface area contributed by atoms with Crippen LogP contribution in [0.3, 0.4) is 0 Å². The normalized spacial score (nSPS) is 10.4. The molecule has 1 N–H and O–H groups in total. The summed E-state index contributed by atoms with van der Waals surface area (Å²) in [5, 5.41) is 2.78. The molecule has 0 saturated heterocycles. The van der Waals surface area contributed by atoms with Gasteiger partial charge in [-0.3, -0.25) is 9.59 Å². The van der Waals surface area contributed by atoms with Gasteiger partial charge in [0.1, 0.15) is 5.75 Å². The lowest BCUT2D eigenvalue weighted by Crippen LogP contribution is -2.34. The highest BCUT2D eigenvalue weighted by Gasteiger charge is 2.18. The summed E-state index contributed by atoms with van der Waals surface area (Å²) in [4.78, 5) is 28.0. The molecule has 5 nitrogen and oxygen atoms in total. The molecule has 0 radical (unpaired) electrons. The molecule has 0 saturated carbocycles. The average Bonchev–Trinajstić information content (AvgIpc) is 2.96. The van der Waals surface area contributed by atoms with Crippen molar-refractivity contribution < 1.29 is 14.3 Å². The first kappa shape index (κ1) is 19.0. The molecule has 0 aliphatic rings. The smallest absolute Gasteiger partial charge is 0.264 e. The number of hydrogen-bond donors (Lipinski definition) is 1. The summed E-state index contributed by atoms with van der Waals surface area (Å²) in [7, 11) is 3.23. The lowest BCUT2D eigenvalue weighted by atomic mass is 10.1. The van der Waals surface area contributed by atoms with Crippen LogP contribution in [0.4, 0.5) is 5.69 Å². The van der Waals surface area contributed by atoms with Gasteiger partial charge < -0.3 is 15.0 Å².